The fourth-order valence-corrected chi connectivity index (χ4v) is 6.28. The van der Waals surface area contributed by atoms with E-state index >= 15 is 0 Å². The third-order valence-electron chi connectivity index (χ3n) is 8.60. The minimum atomic E-state index is -0.706. The number of carbonyl (C=O) groups is 1. The summed E-state index contributed by atoms with van der Waals surface area (Å²) < 4.78 is 21.0. The van der Waals surface area contributed by atoms with Crippen molar-refractivity contribution in [2.75, 3.05) is 7.11 Å². The van der Waals surface area contributed by atoms with E-state index in [1.807, 2.05) is 67.1 Å². The number of carbonyl (C=O) groups excluding carboxylic acids is 1. The van der Waals surface area contributed by atoms with Gasteiger partial charge in [0, 0.05) is 19.2 Å². The van der Waals surface area contributed by atoms with Gasteiger partial charge >= 0.3 is 0 Å². The molecule has 10 heteroatoms. The van der Waals surface area contributed by atoms with Gasteiger partial charge < -0.3 is 19.5 Å². The summed E-state index contributed by atoms with van der Waals surface area (Å²) in [6.07, 6.45) is 3.80. The number of amides is 1. The number of hydrogen-bond acceptors (Lipinski definition) is 7. The molecule has 1 amide bonds. The van der Waals surface area contributed by atoms with Crippen molar-refractivity contribution in [3.63, 3.8) is 0 Å². The van der Waals surface area contributed by atoms with Gasteiger partial charge in [-0.25, -0.2) is 19.3 Å². The minimum absolute atomic E-state index is 0.108. The first kappa shape index (κ1) is 31.4. The standard InChI is InChI=1S/C39H33FN6O3/c1-26-43-32(21-34(44-26)38(47)41-23-27-18-19-31(40)36(20-27)48-2)33-22-37(49-45-33)35-24-46(25-42-35)39(28-12-6-3-7-13-28,29-14-8-4-9-15-29)30-16-10-5-11-17-30/h3-21,24-25,37H,22-23H2,1-2H3,(H,41,47)/t37-/m1/s1. The molecular formula is C39H33FN6O3. The summed E-state index contributed by atoms with van der Waals surface area (Å²) in [6.45, 7) is 1.88. The predicted molar refractivity (Wildman–Crippen MR) is 183 cm³/mol. The topological polar surface area (TPSA) is 104 Å². The lowest BCUT2D eigenvalue weighted by Crippen LogP contribution is -2.37. The molecule has 0 aliphatic carbocycles. The second-order valence-electron chi connectivity index (χ2n) is 11.7. The summed E-state index contributed by atoms with van der Waals surface area (Å²) in [5.41, 5.74) is 5.21. The van der Waals surface area contributed by atoms with E-state index in [4.69, 9.17) is 14.6 Å². The number of halogens is 1. The molecule has 0 radical (unpaired) electrons. The van der Waals surface area contributed by atoms with E-state index in [2.05, 4.69) is 61.4 Å². The Balaban J connectivity index is 1.15. The van der Waals surface area contributed by atoms with Crippen LogP contribution in [0.15, 0.2) is 133 Å². The van der Waals surface area contributed by atoms with Crippen LogP contribution in [0.4, 0.5) is 4.39 Å². The number of hydrogen-bond donors (Lipinski definition) is 1. The van der Waals surface area contributed by atoms with Gasteiger partial charge in [0.15, 0.2) is 17.7 Å². The quantitative estimate of drug-likeness (QED) is 0.164. The number of benzene rings is 4. The lowest BCUT2D eigenvalue weighted by Gasteiger charge is -2.37. The second kappa shape index (κ2) is 13.5. The van der Waals surface area contributed by atoms with Crippen LogP contribution in [-0.2, 0) is 16.9 Å². The van der Waals surface area contributed by atoms with Crippen molar-refractivity contribution in [3.05, 3.63) is 179 Å². The van der Waals surface area contributed by atoms with E-state index in [1.54, 1.807) is 25.1 Å². The molecular weight excluding hydrogens is 619 g/mol. The minimum Gasteiger partial charge on any atom is -0.494 e. The van der Waals surface area contributed by atoms with Crippen LogP contribution in [0.1, 0.15) is 62.5 Å². The summed E-state index contributed by atoms with van der Waals surface area (Å²) in [5.74, 6) is -0.346. The highest BCUT2D eigenvalue weighted by Gasteiger charge is 2.39. The van der Waals surface area contributed by atoms with Gasteiger partial charge in [-0.05, 0) is 47.4 Å². The lowest BCUT2D eigenvalue weighted by atomic mass is 9.77. The molecule has 0 unspecified atom stereocenters. The number of nitrogens with zero attached hydrogens (tertiary/aromatic N) is 5. The van der Waals surface area contributed by atoms with E-state index in [1.165, 1.54) is 13.2 Å². The van der Waals surface area contributed by atoms with Crippen LogP contribution in [0, 0.1) is 12.7 Å². The van der Waals surface area contributed by atoms with Crippen LogP contribution in [0.5, 0.6) is 5.75 Å². The normalized spacial score (nSPS) is 14.2. The van der Waals surface area contributed by atoms with Gasteiger partial charge in [0.05, 0.1) is 19.1 Å². The van der Waals surface area contributed by atoms with Crippen LogP contribution in [0.25, 0.3) is 0 Å². The Morgan fingerprint density at radius 2 is 1.55 bits per heavy atom. The van der Waals surface area contributed by atoms with Gasteiger partial charge in [0.25, 0.3) is 5.91 Å². The zero-order valence-corrected chi connectivity index (χ0v) is 27.0. The highest BCUT2D eigenvalue weighted by atomic mass is 19.1. The molecule has 1 aliphatic rings. The van der Waals surface area contributed by atoms with Crippen LogP contribution in [0.3, 0.4) is 0 Å². The zero-order chi connectivity index (χ0) is 33.8. The highest BCUT2D eigenvalue weighted by molar-refractivity contribution is 6.02. The maximum absolute atomic E-state index is 13.8. The van der Waals surface area contributed by atoms with Gasteiger partial charge in [-0.3, -0.25) is 4.79 Å². The molecule has 4 aromatic carbocycles. The monoisotopic (exact) mass is 652 g/mol. The van der Waals surface area contributed by atoms with Crippen LogP contribution < -0.4 is 10.1 Å². The molecule has 0 fully saturated rings. The second-order valence-corrected chi connectivity index (χ2v) is 11.7. The number of imidazole rings is 1. The molecule has 49 heavy (non-hydrogen) atoms. The molecule has 0 saturated heterocycles. The molecule has 1 aliphatic heterocycles. The van der Waals surface area contributed by atoms with E-state index in [0.29, 0.717) is 34.9 Å². The Kier molecular flexibility index (Phi) is 8.68. The van der Waals surface area contributed by atoms with E-state index in [0.717, 1.165) is 16.7 Å². The smallest absolute Gasteiger partial charge is 0.270 e. The Bertz CT molecular complexity index is 2020. The van der Waals surface area contributed by atoms with Crippen LogP contribution in [0.2, 0.25) is 0 Å². The number of methoxy groups -OCH3 is 1. The summed E-state index contributed by atoms with van der Waals surface area (Å²) in [7, 11) is 1.39. The van der Waals surface area contributed by atoms with Gasteiger partial charge in [-0.15, -0.1) is 0 Å². The first-order valence-electron chi connectivity index (χ1n) is 15.9. The SMILES string of the molecule is COc1cc(CNC(=O)c2cc(C3=NO[C@@H](c4cn(C(c5ccccc5)(c5ccccc5)c5ccccc5)cn4)C3)nc(C)n2)ccc1F. The molecule has 3 heterocycles. The van der Waals surface area contributed by atoms with E-state index in [-0.39, 0.29) is 18.0 Å². The fraction of sp³-hybridized carbons (Fsp3) is 0.154. The predicted octanol–water partition coefficient (Wildman–Crippen LogP) is 6.77. The van der Waals surface area contributed by atoms with Crippen molar-refractivity contribution >= 4 is 11.6 Å². The van der Waals surface area contributed by atoms with Crippen molar-refractivity contribution in [2.24, 2.45) is 5.16 Å². The number of ether oxygens (including phenoxy) is 1. The Morgan fingerprint density at radius 3 is 2.16 bits per heavy atom. The fourth-order valence-electron chi connectivity index (χ4n) is 6.28. The summed E-state index contributed by atoms with van der Waals surface area (Å²) in [5, 5.41) is 7.20. The third kappa shape index (κ3) is 6.16. The van der Waals surface area contributed by atoms with Crippen LogP contribution in [-0.4, -0.2) is 38.2 Å². The summed E-state index contributed by atoms with van der Waals surface area (Å²) in [4.78, 5) is 32.8. The van der Waals surface area contributed by atoms with Gasteiger partial charge in [-0.1, -0.05) is 102 Å². The number of rotatable bonds is 10. The molecule has 244 valence electrons. The maximum Gasteiger partial charge on any atom is 0.270 e. The van der Waals surface area contributed by atoms with Crippen molar-refractivity contribution in [1.82, 2.24) is 24.8 Å². The van der Waals surface area contributed by atoms with Crippen molar-refractivity contribution < 1.29 is 18.8 Å². The molecule has 0 spiro atoms. The van der Waals surface area contributed by atoms with Gasteiger partial charge in [0.2, 0.25) is 0 Å². The highest BCUT2D eigenvalue weighted by Crippen LogP contribution is 2.41. The number of nitrogens with one attached hydrogen (secondary N) is 1. The Morgan fingerprint density at radius 1 is 0.918 bits per heavy atom. The number of aryl methyl sites for hydroxylation is 1. The Labute approximate surface area is 283 Å². The first-order valence-corrected chi connectivity index (χ1v) is 15.9. The molecule has 1 atom stereocenters. The van der Waals surface area contributed by atoms with Crippen molar-refractivity contribution in [1.29, 1.82) is 0 Å². The maximum atomic E-state index is 13.8. The third-order valence-corrected chi connectivity index (χ3v) is 8.60. The molecule has 9 nitrogen and oxygen atoms in total. The largest absolute Gasteiger partial charge is 0.494 e. The zero-order valence-electron chi connectivity index (χ0n) is 27.0. The van der Waals surface area contributed by atoms with E-state index in [9.17, 15) is 9.18 Å². The van der Waals surface area contributed by atoms with E-state index < -0.39 is 23.4 Å². The number of oxime groups is 1. The summed E-state index contributed by atoms with van der Waals surface area (Å²) in [6, 6.07) is 37.2. The molecule has 2 aromatic heterocycles. The molecule has 0 saturated carbocycles. The van der Waals surface area contributed by atoms with Crippen molar-refractivity contribution in [3.8, 4) is 5.75 Å². The van der Waals surface area contributed by atoms with Gasteiger partial charge in [0.1, 0.15) is 28.5 Å². The van der Waals surface area contributed by atoms with Crippen molar-refractivity contribution in [2.45, 2.75) is 31.5 Å². The molecule has 1 N–H and O–H groups in total. The number of aromatic nitrogens is 4. The summed E-state index contributed by atoms with van der Waals surface area (Å²) >= 11 is 0. The lowest BCUT2D eigenvalue weighted by molar-refractivity contribution is 0.0827. The molecule has 6 aromatic rings. The molecule has 0 bridgehead atoms. The van der Waals surface area contributed by atoms with Gasteiger partial charge in [-0.2, -0.15) is 0 Å². The Hall–Kier alpha value is -6.16. The first-order chi connectivity index (χ1) is 23.9. The average molecular weight is 653 g/mol. The average Bonchev–Trinajstić information content (AvgIpc) is 3.84. The molecule has 7 rings (SSSR count). The van der Waals surface area contributed by atoms with Crippen LogP contribution >= 0.6 is 0 Å².